The molecular formula is C13H17ClN2O3. The zero-order valence-electron chi connectivity index (χ0n) is 10.8. The fourth-order valence-corrected chi connectivity index (χ4v) is 1.74. The van der Waals surface area contributed by atoms with Gasteiger partial charge < -0.3 is 16.2 Å². The van der Waals surface area contributed by atoms with Crippen molar-refractivity contribution in [2.75, 3.05) is 5.73 Å². The SMILES string of the molecule is CC(C)CC(NC(=O)c1ccc(Cl)c(N)c1)C(=O)O. The first kappa shape index (κ1) is 15.3. The number of nitrogens with two attached hydrogens (primary N) is 1. The van der Waals surface area contributed by atoms with Crippen molar-refractivity contribution in [1.82, 2.24) is 5.32 Å². The summed E-state index contributed by atoms with van der Waals surface area (Å²) in [6.45, 7) is 3.78. The number of carbonyl (C=O) groups excluding carboxylic acids is 1. The van der Waals surface area contributed by atoms with Gasteiger partial charge in [0.15, 0.2) is 0 Å². The minimum Gasteiger partial charge on any atom is -0.480 e. The molecule has 0 saturated heterocycles. The summed E-state index contributed by atoms with van der Waals surface area (Å²) in [5, 5.41) is 11.9. The number of benzene rings is 1. The third-order valence-electron chi connectivity index (χ3n) is 2.57. The van der Waals surface area contributed by atoms with E-state index in [1.165, 1.54) is 18.2 Å². The molecule has 0 aliphatic rings. The molecule has 1 rings (SSSR count). The predicted octanol–water partition coefficient (Wildman–Crippen LogP) is 2.15. The molecule has 19 heavy (non-hydrogen) atoms. The molecule has 0 fully saturated rings. The molecule has 0 aliphatic heterocycles. The number of carboxylic acid groups (broad SMARTS) is 1. The third-order valence-corrected chi connectivity index (χ3v) is 2.91. The number of hydrogen-bond donors (Lipinski definition) is 3. The molecule has 0 bridgehead atoms. The fourth-order valence-electron chi connectivity index (χ4n) is 1.62. The van der Waals surface area contributed by atoms with Crippen molar-refractivity contribution in [2.24, 2.45) is 5.92 Å². The monoisotopic (exact) mass is 284 g/mol. The van der Waals surface area contributed by atoms with Gasteiger partial charge in [0, 0.05) is 5.56 Å². The fraction of sp³-hybridized carbons (Fsp3) is 0.385. The Labute approximate surface area is 116 Å². The van der Waals surface area contributed by atoms with Crippen LogP contribution in [0.2, 0.25) is 5.02 Å². The van der Waals surface area contributed by atoms with E-state index in [2.05, 4.69) is 5.32 Å². The van der Waals surface area contributed by atoms with Gasteiger partial charge >= 0.3 is 5.97 Å². The van der Waals surface area contributed by atoms with Gasteiger partial charge in [-0.15, -0.1) is 0 Å². The lowest BCUT2D eigenvalue weighted by Crippen LogP contribution is -2.41. The lowest BCUT2D eigenvalue weighted by molar-refractivity contribution is -0.139. The Balaban J connectivity index is 2.81. The quantitative estimate of drug-likeness (QED) is 0.722. The molecular weight excluding hydrogens is 268 g/mol. The smallest absolute Gasteiger partial charge is 0.326 e. The van der Waals surface area contributed by atoms with E-state index in [0.717, 1.165) is 0 Å². The van der Waals surface area contributed by atoms with Crippen LogP contribution in [0.1, 0.15) is 30.6 Å². The number of halogens is 1. The van der Waals surface area contributed by atoms with Crippen LogP contribution in [0.25, 0.3) is 0 Å². The highest BCUT2D eigenvalue weighted by Crippen LogP contribution is 2.19. The summed E-state index contributed by atoms with van der Waals surface area (Å²) >= 11 is 5.76. The highest BCUT2D eigenvalue weighted by Gasteiger charge is 2.21. The van der Waals surface area contributed by atoms with Crippen LogP contribution in [0, 0.1) is 5.92 Å². The summed E-state index contributed by atoms with van der Waals surface area (Å²) in [7, 11) is 0. The molecule has 4 N–H and O–H groups in total. The molecule has 1 unspecified atom stereocenters. The highest BCUT2D eigenvalue weighted by molar-refractivity contribution is 6.33. The zero-order valence-corrected chi connectivity index (χ0v) is 11.6. The standard InChI is InChI=1S/C13H17ClN2O3/c1-7(2)5-11(13(18)19)16-12(17)8-3-4-9(14)10(15)6-8/h3-4,6-7,11H,5,15H2,1-2H3,(H,16,17)(H,18,19). The summed E-state index contributed by atoms with van der Waals surface area (Å²) < 4.78 is 0. The minimum atomic E-state index is -1.05. The maximum absolute atomic E-state index is 11.9. The van der Waals surface area contributed by atoms with E-state index < -0.39 is 17.9 Å². The van der Waals surface area contributed by atoms with Crippen LogP contribution in [-0.2, 0) is 4.79 Å². The lowest BCUT2D eigenvalue weighted by Gasteiger charge is -2.16. The molecule has 6 heteroatoms. The van der Waals surface area contributed by atoms with Crippen molar-refractivity contribution in [3.8, 4) is 0 Å². The van der Waals surface area contributed by atoms with Crippen LogP contribution in [0.5, 0.6) is 0 Å². The van der Waals surface area contributed by atoms with Crippen molar-refractivity contribution >= 4 is 29.2 Å². The molecule has 1 aromatic rings. The Morgan fingerprint density at radius 2 is 2.05 bits per heavy atom. The first-order valence-electron chi connectivity index (χ1n) is 5.90. The molecule has 1 amide bonds. The Kier molecular flexibility index (Phi) is 5.18. The van der Waals surface area contributed by atoms with Gasteiger partial charge in [-0.3, -0.25) is 4.79 Å². The van der Waals surface area contributed by atoms with E-state index in [9.17, 15) is 9.59 Å². The number of carbonyl (C=O) groups is 2. The molecule has 5 nitrogen and oxygen atoms in total. The largest absolute Gasteiger partial charge is 0.480 e. The molecule has 1 atom stereocenters. The van der Waals surface area contributed by atoms with Crippen LogP contribution in [0.3, 0.4) is 0 Å². The van der Waals surface area contributed by atoms with E-state index in [4.69, 9.17) is 22.4 Å². The van der Waals surface area contributed by atoms with Crippen LogP contribution >= 0.6 is 11.6 Å². The van der Waals surface area contributed by atoms with E-state index in [1.807, 2.05) is 13.8 Å². The van der Waals surface area contributed by atoms with E-state index in [1.54, 1.807) is 0 Å². The van der Waals surface area contributed by atoms with Gasteiger partial charge in [0.25, 0.3) is 5.91 Å². The molecule has 0 spiro atoms. The van der Waals surface area contributed by atoms with E-state index in [-0.39, 0.29) is 17.2 Å². The molecule has 104 valence electrons. The highest BCUT2D eigenvalue weighted by atomic mass is 35.5. The number of rotatable bonds is 5. The number of carboxylic acids is 1. The maximum Gasteiger partial charge on any atom is 0.326 e. The number of nitrogens with one attached hydrogen (secondary N) is 1. The van der Waals surface area contributed by atoms with Crippen LogP contribution in [0.4, 0.5) is 5.69 Å². The molecule has 0 aromatic heterocycles. The Morgan fingerprint density at radius 1 is 1.42 bits per heavy atom. The van der Waals surface area contributed by atoms with Gasteiger partial charge in [-0.1, -0.05) is 25.4 Å². The Morgan fingerprint density at radius 3 is 2.53 bits per heavy atom. The van der Waals surface area contributed by atoms with Crippen molar-refractivity contribution in [3.05, 3.63) is 28.8 Å². The van der Waals surface area contributed by atoms with Gasteiger partial charge in [0.05, 0.1) is 10.7 Å². The van der Waals surface area contributed by atoms with Crippen LogP contribution in [-0.4, -0.2) is 23.0 Å². The summed E-state index contributed by atoms with van der Waals surface area (Å²) in [4.78, 5) is 23.0. The van der Waals surface area contributed by atoms with Crippen molar-refractivity contribution in [3.63, 3.8) is 0 Å². The second-order valence-corrected chi connectivity index (χ2v) is 5.14. The zero-order chi connectivity index (χ0) is 14.6. The average Bonchev–Trinajstić information content (AvgIpc) is 2.31. The summed E-state index contributed by atoms with van der Waals surface area (Å²) in [5.74, 6) is -1.36. The van der Waals surface area contributed by atoms with Crippen LogP contribution < -0.4 is 11.1 Å². The number of amides is 1. The van der Waals surface area contributed by atoms with Gasteiger partial charge in [0.1, 0.15) is 6.04 Å². The lowest BCUT2D eigenvalue weighted by atomic mass is 10.0. The van der Waals surface area contributed by atoms with E-state index >= 15 is 0 Å². The third kappa shape index (κ3) is 4.44. The number of anilines is 1. The molecule has 0 aliphatic carbocycles. The summed E-state index contributed by atoms with van der Waals surface area (Å²) in [5.41, 5.74) is 6.17. The molecule has 0 radical (unpaired) electrons. The second-order valence-electron chi connectivity index (χ2n) is 4.73. The summed E-state index contributed by atoms with van der Waals surface area (Å²) in [6.07, 6.45) is 0.365. The van der Waals surface area contributed by atoms with Gasteiger partial charge in [-0.2, -0.15) is 0 Å². The number of nitrogen functional groups attached to an aromatic ring is 1. The van der Waals surface area contributed by atoms with Gasteiger partial charge in [-0.25, -0.2) is 4.79 Å². The Bertz CT molecular complexity index is 489. The minimum absolute atomic E-state index is 0.164. The second kappa shape index (κ2) is 6.43. The van der Waals surface area contributed by atoms with E-state index in [0.29, 0.717) is 11.4 Å². The number of aliphatic carboxylic acids is 1. The first-order valence-corrected chi connectivity index (χ1v) is 6.27. The number of hydrogen-bond acceptors (Lipinski definition) is 3. The molecule has 0 heterocycles. The van der Waals surface area contributed by atoms with Crippen molar-refractivity contribution in [2.45, 2.75) is 26.3 Å². The van der Waals surface area contributed by atoms with Gasteiger partial charge in [0.2, 0.25) is 0 Å². The molecule has 1 aromatic carbocycles. The first-order chi connectivity index (χ1) is 8.81. The maximum atomic E-state index is 11.9. The predicted molar refractivity (Wildman–Crippen MR) is 74.2 cm³/mol. The Hall–Kier alpha value is -1.75. The van der Waals surface area contributed by atoms with Crippen LogP contribution in [0.15, 0.2) is 18.2 Å². The average molecular weight is 285 g/mol. The van der Waals surface area contributed by atoms with Crippen molar-refractivity contribution in [1.29, 1.82) is 0 Å². The van der Waals surface area contributed by atoms with Gasteiger partial charge in [-0.05, 0) is 30.5 Å². The topological polar surface area (TPSA) is 92.4 Å². The normalized spacial score (nSPS) is 12.2. The van der Waals surface area contributed by atoms with Crippen molar-refractivity contribution < 1.29 is 14.7 Å². The summed E-state index contributed by atoms with van der Waals surface area (Å²) in [6, 6.07) is 3.52. The molecule has 0 saturated carbocycles.